The molecule has 2 aliphatic heterocycles. The molecule has 5 rings (SSSR count). The molecule has 2 atom stereocenters. The molecule has 4 nitrogen and oxygen atoms in total. The molecule has 1 fully saturated rings. The standard InChI is InChI=1S/C23H24N2O2/c1-3-7-17(8-4-1)13-19-15-26-21(24-19)23(11-12-23)22-25-20(16-27-22)14-18-9-5-2-6-10-18/h1-10,19-20H,11-16H2/t19-,20-/m1/s1. The van der Waals surface area contributed by atoms with Crippen molar-refractivity contribution in [3.8, 4) is 0 Å². The molecule has 3 aliphatic rings. The van der Waals surface area contributed by atoms with Crippen molar-refractivity contribution >= 4 is 11.8 Å². The zero-order chi connectivity index (χ0) is 18.1. The Kier molecular flexibility index (Phi) is 4.19. The van der Waals surface area contributed by atoms with E-state index in [9.17, 15) is 0 Å². The van der Waals surface area contributed by atoms with Crippen LogP contribution in [0.3, 0.4) is 0 Å². The molecule has 1 aliphatic carbocycles. The van der Waals surface area contributed by atoms with Gasteiger partial charge in [-0.1, -0.05) is 60.7 Å². The lowest BCUT2D eigenvalue weighted by Gasteiger charge is -2.13. The van der Waals surface area contributed by atoms with Crippen LogP contribution in [0.2, 0.25) is 0 Å². The van der Waals surface area contributed by atoms with E-state index in [1.165, 1.54) is 11.1 Å². The smallest absolute Gasteiger partial charge is 0.199 e. The largest absolute Gasteiger partial charge is 0.478 e. The van der Waals surface area contributed by atoms with Crippen LogP contribution in [0.5, 0.6) is 0 Å². The molecule has 4 heteroatoms. The summed E-state index contributed by atoms with van der Waals surface area (Å²) in [7, 11) is 0. The van der Waals surface area contributed by atoms with Gasteiger partial charge in [-0.3, -0.25) is 0 Å². The maximum absolute atomic E-state index is 6.02. The lowest BCUT2D eigenvalue weighted by Crippen LogP contribution is -2.26. The minimum atomic E-state index is -0.184. The number of hydrogen-bond acceptors (Lipinski definition) is 4. The van der Waals surface area contributed by atoms with Crippen LogP contribution < -0.4 is 0 Å². The Morgan fingerprint density at radius 3 is 1.56 bits per heavy atom. The summed E-state index contributed by atoms with van der Waals surface area (Å²) in [5, 5.41) is 0. The molecule has 0 bridgehead atoms. The quantitative estimate of drug-likeness (QED) is 0.785. The molecule has 0 aromatic heterocycles. The molecule has 1 saturated carbocycles. The van der Waals surface area contributed by atoms with E-state index in [2.05, 4.69) is 48.5 Å². The number of hydrogen-bond donors (Lipinski definition) is 0. The van der Waals surface area contributed by atoms with Crippen molar-refractivity contribution in [3.05, 3.63) is 71.8 Å². The van der Waals surface area contributed by atoms with Gasteiger partial charge in [-0.2, -0.15) is 0 Å². The van der Waals surface area contributed by atoms with Crippen LogP contribution in [0.15, 0.2) is 70.6 Å². The van der Waals surface area contributed by atoms with Crippen LogP contribution in [-0.2, 0) is 22.3 Å². The van der Waals surface area contributed by atoms with Crippen LogP contribution in [-0.4, -0.2) is 37.1 Å². The first-order chi connectivity index (χ1) is 13.3. The molecule has 138 valence electrons. The normalized spacial score (nSPS) is 25.3. The van der Waals surface area contributed by atoms with Crippen molar-refractivity contribution < 1.29 is 9.47 Å². The van der Waals surface area contributed by atoms with Crippen molar-refractivity contribution in [2.75, 3.05) is 13.2 Å². The molecule has 27 heavy (non-hydrogen) atoms. The fraction of sp³-hybridized carbons (Fsp3) is 0.391. The lowest BCUT2D eigenvalue weighted by molar-refractivity contribution is 0.279. The Balaban J connectivity index is 1.28. The maximum atomic E-state index is 6.02. The van der Waals surface area contributed by atoms with Crippen molar-refractivity contribution in [3.63, 3.8) is 0 Å². The minimum Gasteiger partial charge on any atom is -0.478 e. The van der Waals surface area contributed by atoms with Gasteiger partial charge in [0.15, 0.2) is 11.8 Å². The van der Waals surface area contributed by atoms with Crippen LogP contribution in [0.1, 0.15) is 24.0 Å². The van der Waals surface area contributed by atoms with Crippen molar-refractivity contribution in [1.82, 2.24) is 0 Å². The summed E-state index contributed by atoms with van der Waals surface area (Å²) in [6.45, 7) is 1.32. The van der Waals surface area contributed by atoms with Crippen LogP contribution >= 0.6 is 0 Å². The van der Waals surface area contributed by atoms with Gasteiger partial charge in [-0.05, 0) is 36.8 Å². The SMILES string of the molecule is c1ccc(C[C@@H]2COC(C3(C4=N[C@H](Cc5ccccc5)CO4)CC3)=N2)cc1. The van der Waals surface area contributed by atoms with E-state index in [1.54, 1.807) is 0 Å². The molecule has 0 amide bonds. The molecule has 2 aromatic rings. The molecular formula is C23H24N2O2. The van der Waals surface area contributed by atoms with Crippen LogP contribution in [0, 0.1) is 5.41 Å². The highest BCUT2D eigenvalue weighted by molar-refractivity contribution is 6.09. The third-order valence-corrected chi connectivity index (χ3v) is 5.62. The van der Waals surface area contributed by atoms with Gasteiger partial charge in [0.25, 0.3) is 0 Å². The molecule has 0 N–H and O–H groups in total. The summed E-state index contributed by atoms with van der Waals surface area (Å²) in [5.41, 5.74) is 2.42. The first-order valence-corrected chi connectivity index (χ1v) is 9.82. The van der Waals surface area contributed by atoms with E-state index in [0.29, 0.717) is 13.2 Å². The van der Waals surface area contributed by atoms with E-state index in [0.717, 1.165) is 37.5 Å². The zero-order valence-corrected chi connectivity index (χ0v) is 15.4. The first kappa shape index (κ1) is 16.5. The van der Waals surface area contributed by atoms with E-state index in [1.807, 2.05) is 12.1 Å². The van der Waals surface area contributed by atoms with Gasteiger partial charge >= 0.3 is 0 Å². The van der Waals surface area contributed by atoms with E-state index in [4.69, 9.17) is 19.5 Å². The monoisotopic (exact) mass is 360 g/mol. The number of rotatable bonds is 6. The summed E-state index contributed by atoms with van der Waals surface area (Å²) < 4.78 is 12.0. The fourth-order valence-electron chi connectivity index (χ4n) is 3.98. The summed E-state index contributed by atoms with van der Waals surface area (Å²) in [4.78, 5) is 9.81. The van der Waals surface area contributed by atoms with Gasteiger partial charge in [-0.15, -0.1) is 0 Å². The topological polar surface area (TPSA) is 43.2 Å². The van der Waals surface area contributed by atoms with E-state index in [-0.39, 0.29) is 17.5 Å². The third-order valence-electron chi connectivity index (χ3n) is 5.62. The number of benzene rings is 2. The predicted octanol–water partition coefficient (Wildman–Crippen LogP) is 3.85. The second-order valence-electron chi connectivity index (χ2n) is 7.76. The fourth-order valence-corrected chi connectivity index (χ4v) is 3.98. The minimum absolute atomic E-state index is 0.184. The Morgan fingerprint density at radius 1 is 0.704 bits per heavy atom. The molecule has 0 spiro atoms. The number of ether oxygens (including phenoxy) is 2. The Morgan fingerprint density at radius 2 is 1.15 bits per heavy atom. The molecule has 2 heterocycles. The molecule has 0 unspecified atom stereocenters. The highest BCUT2D eigenvalue weighted by atomic mass is 16.5. The van der Waals surface area contributed by atoms with Gasteiger partial charge in [0, 0.05) is 0 Å². The van der Waals surface area contributed by atoms with Gasteiger partial charge in [0.1, 0.15) is 18.6 Å². The predicted molar refractivity (Wildman–Crippen MR) is 106 cm³/mol. The second kappa shape index (κ2) is 6.84. The maximum Gasteiger partial charge on any atom is 0.199 e. The van der Waals surface area contributed by atoms with Gasteiger partial charge in [0.2, 0.25) is 0 Å². The summed E-state index contributed by atoms with van der Waals surface area (Å²) in [5.74, 6) is 1.70. The number of aliphatic imine (C=N–C) groups is 2. The molecule has 2 aromatic carbocycles. The van der Waals surface area contributed by atoms with Gasteiger partial charge < -0.3 is 9.47 Å². The van der Waals surface area contributed by atoms with Crippen molar-refractivity contribution in [2.24, 2.45) is 15.4 Å². The van der Waals surface area contributed by atoms with Crippen molar-refractivity contribution in [1.29, 1.82) is 0 Å². The first-order valence-electron chi connectivity index (χ1n) is 9.82. The number of nitrogens with zero attached hydrogens (tertiary/aromatic N) is 2. The average molecular weight is 360 g/mol. The summed E-state index contributed by atoms with van der Waals surface area (Å²) in [6.07, 6.45) is 3.90. The van der Waals surface area contributed by atoms with Gasteiger partial charge in [-0.25, -0.2) is 9.98 Å². The van der Waals surface area contributed by atoms with E-state index < -0.39 is 0 Å². The Hall–Kier alpha value is -2.62. The summed E-state index contributed by atoms with van der Waals surface area (Å²) >= 11 is 0. The van der Waals surface area contributed by atoms with Crippen molar-refractivity contribution in [2.45, 2.75) is 37.8 Å². The molecule has 0 saturated heterocycles. The molecular weight excluding hydrogens is 336 g/mol. The lowest BCUT2D eigenvalue weighted by atomic mass is 10.1. The summed E-state index contributed by atoms with van der Waals surface area (Å²) in [6, 6.07) is 21.4. The molecule has 0 radical (unpaired) electrons. The second-order valence-corrected chi connectivity index (χ2v) is 7.76. The third kappa shape index (κ3) is 3.36. The van der Waals surface area contributed by atoms with Gasteiger partial charge in [0.05, 0.1) is 12.1 Å². The van der Waals surface area contributed by atoms with E-state index >= 15 is 0 Å². The Bertz CT molecular complexity index is 787. The zero-order valence-electron chi connectivity index (χ0n) is 15.4. The average Bonchev–Trinajstić information content (AvgIpc) is 3.14. The Labute approximate surface area is 160 Å². The van der Waals surface area contributed by atoms with Crippen LogP contribution in [0.25, 0.3) is 0 Å². The highest BCUT2D eigenvalue weighted by Crippen LogP contribution is 2.51. The highest BCUT2D eigenvalue weighted by Gasteiger charge is 2.58. The van der Waals surface area contributed by atoms with Crippen LogP contribution in [0.4, 0.5) is 0 Å².